The Hall–Kier alpha value is -2.08. The van der Waals surface area contributed by atoms with Crippen LogP contribution in [0.25, 0.3) is 11.3 Å². The molecule has 0 bridgehead atoms. The first kappa shape index (κ1) is 16.8. The summed E-state index contributed by atoms with van der Waals surface area (Å²) in [6.45, 7) is 7.03. The second-order valence-electron chi connectivity index (χ2n) is 6.66. The molecule has 2 aromatic rings. The first-order chi connectivity index (χ1) is 11.4. The van der Waals surface area contributed by atoms with Crippen molar-refractivity contribution < 1.29 is 19.0 Å². The Labute approximate surface area is 145 Å². The average molecular weight is 347 g/mol. The Morgan fingerprint density at radius 1 is 1.25 bits per heavy atom. The van der Waals surface area contributed by atoms with Gasteiger partial charge in [-0.25, -0.2) is 4.98 Å². The number of thiazole rings is 1. The van der Waals surface area contributed by atoms with E-state index < -0.39 is 5.41 Å². The molecule has 1 aliphatic rings. The number of aromatic nitrogens is 1. The standard InChI is InChI=1S/C18H21NO4S/c1-18(2,3)17(20)23-10-16-19-13(11-24-16)12-5-6-14-15(9-12)22-8-4-7-21-14/h5-6,9,11H,4,7-8,10H2,1-3H3. The summed E-state index contributed by atoms with van der Waals surface area (Å²) in [6, 6.07) is 5.82. The van der Waals surface area contributed by atoms with E-state index in [-0.39, 0.29) is 12.6 Å². The van der Waals surface area contributed by atoms with Gasteiger partial charge in [0.15, 0.2) is 11.5 Å². The Balaban J connectivity index is 1.71. The van der Waals surface area contributed by atoms with Crippen LogP contribution in [0.3, 0.4) is 0 Å². The summed E-state index contributed by atoms with van der Waals surface area (Å²) in [5.41, 5.74) is 1.30. The van der Waals surface area contributed by atoms with E-state index in [1.165, 1.54) is 11.3 Å². The topological polar surface area (TPSA) is 57.7 Å². The van der Waals surface area contributed by atoms with Crippen LogP contribution >= 0.6 is 11.3 Å². The van der Waals surface area contributed by atoms with Gasteiger partial charge in [0.25, 0.3) is 0 Å². The van der Waals surface area contributed by atoms with E-state index in [1.54, 1.807) is 0 Å². The van der Waals surface area contributed by atoms with Gasteiger partial charge in [-0.2, -0.15) is 0 Å². The molecule has 0 atom stereocenters. The van der Waals surface area contributed by atoms with Crippen molar-refractivity contribution in [3.8, 4) is 22.8 Å². The number of hydrogen-bond acceptors (Lipinski definition) is 6. The molecule has 0 saturated heterocycles. The predicted octanol–water partition coefficient (Wildman–Crippen LogP) is 4.06. The zero-order chi connectivity index (χ0) is 17.2. The van der Waals surface area contributed by atoms with Gasteiger partial charge >= 0.3 is 5.97 Å². The number of ether oxygens (including phenoxy) is 3. The van der Waals surface area contributed by atoms with E-state index in [1.807, 2.05) is 44.4 Å². The van der Waals surface area contributed by atoms with Gasteiger partial charge < -0.3 is 14.2 Å². The first-order valence-corrected chi connectivity index (χ1v) is 8.83. The molecule has 6 heteroatoms. The molecular formula is C18H21NO4S. The van der Waals surface area contributed by atoms with Crippen molar-refractivity contribution in [2.45, 2.75) is 33.8 Å². The zero-order valence-electron chi connectivity index (χ0n) is 14.1. The number of esters is 1. The minimum atomic E-state index is -0.506. The van der Waals surface area contributed by atoms with Crippen LogP contribution in [-0.4, -0.2) is 24.2 Å². The lowest BCUT2D eigenvalue weighted by molar-refractivity contribution is -0.154. The maximum absolute atomic E-state index is 11.8. The van der Waals surface area contributed by atoms with Gasteiger partial charge in [-0.05, 0) is 39.0 Å². The molecule has 5 nitrogen and oxygen atoms in total. The van der Waals surface area contributed by atoms with Crippen LogP contribution in [0.2, 0.25) is 0 Å². The van der Waals surface area contributed by atoms with Crippen molar-refractivity contribution in [1.82, 2.24) is 4.98 Å². The molecule has 0 aliphatic carbocycles. The van der Waals surface area contributed by atoms with E-state index in [2.05, 4.69) is 4.98 Å². The Morgan fingerprint density at radius 3 is 2.75 bits per heavy atom. The van der Waals surface area contributed by atoms with E-state index in [9.17, 15) is 4.79 Å². The average Bonchev–Trinajstić information content (AvgIpc) is 2.89. The highest BCUT2D eigenvalue weighted by Crippen LogP contribution is 2.34. The smallest absolute Gasteiger partial charge is 0.311 e. The number of fused-ring (bicyclic) bond motifs is 1. The summed E-state index contributed by atoms with van der Waals surface area (Å²) in [4.78, 5) is 16.4. The number of benzene rings is 1. The number of rotatable bonds is 3. The van der Waals surface area contributed by atoms with Gasteiger partial charge in [0.2, 0.25) is 0 Å². The molecule has 24 heavy (non-hydrogen) atoms. The molecule has 0 spiro atoms. The van der Waals surface area contributed by atoms with Crippen LogP contribution in [0.1, 0.15) is 32.2 Å². The van der Waals surface area contributed by atoms with Crippen molar-refractivity contribution in [1.29, 1.82) is 0 Å². The van der Waals surface area contributed by atoms with Crippen LogP contribution in [-0.2, 0) is 16.1 Å². The molecule has 1 aliphatic heterocycles. The summed E-state index contributed by atoms with van der Waals surface area (Å²) >= 11 is 1.48. The first-order valence-electron chi connectivity index (χ1n) is 7.95. The molecule has 128 valence electrons. The van der Waals surface area contributed by atoms with Crippen LogP contribution < -0.4 is 9.47 Å². The van der Waals surface area contributed by atoms with Crippen molar-refractivity contribution in [3.63, 3.8) is 0 Å². The lowest BCUT2D eigenvalue weighted by atomic mass is 9.97. The van der Waals surface area contributed by atoms with Crippen molar-refractivity contribution in [2.24, 2.45) is 5.41 Å². The Kier molecular flexibility index (Phi) is 4.76. The monoisotopic (exact) mass is 347 g/mol. The fraction of sp³-hybridized carbons (Fsp3) is 0.444. The van der Waals surface area contributed by atoms with E-state index in [0.717, 1.165) is 34.2 Å². The largest absolute Gasteiger partial charge is 0.490 e. The second kappa shape index (κ2) is 6.81. The van der Waals surface area contributed by atoms with Gasteiger partial charge in [-0.3, -0.25) is 4.79 Å². The SMILES string of the molecule is CC(C)(C)C(=O)OCc1nc(-c2ccc3c(c2)OCCCO3)cs1. The highest BCUT2D eigenvalue weighted by atomic mass is 32.1. The van der Waals surface area contributed by atoms with Gasteiger partial charge in [-0.1, -0.05) is 0 Å². The number of carbonyl (C=O) groups is 1. The highest BCUT2D eigenvalue weighted by Gasteiger charge is 2.23. The van der Waals surface area contributed by atoms with Crippen LogP contribution in [0.15, 0.2) is 23.6 Å². The second-order valence-corrected chi connectivity index (χ2v) is 7.61. The summed E-state index contributed by atoms with van der Waals surface area (Å²) in [6.07, 6.45) is 0.879. The Bertz CT molecular complexity index is 733. The molecular weight excluding hydrogens is 326 g/mol. The summed E-state index contributed by atoms with van der Waals surface area (Å²) in [5.74, 6) is 1.29. The number of hydrogen-bond donors (Lipinski definition) is 0. The lowest BCUT2D eigenvalue weighted by Gasteiger charge is -2.15. The number of carbonyl (C=O) groups excluding carboxylic acids is 1. The third-order valence-electron chi connectivity index (χ3n) is 3.53. The molecule has 0 unspecified atom stereocenters. The van der Waals surface area contributed by atoms with Gasteiger partial charge in [0.05, 0.1) is 24.3 Å². The molecule has 0 N–H and O–H groups in total. The van der Waals surface area contributed by atoms with Gasteiger partial charge in [0.1, 0.15) is 11.6 Å². The minimum absolute atomic E-state index is 0.200. The maximum Gasteiger partial charge on any atom is 0.311 e. The highest BCUT2D eigenvalue weighted by molar-refractivity contribution is 7.09. The predicted molar refractivity (Wildman–Crippen MR) is 92.4 cm³/mol. The molecule has 1 aromatic carbocycles. The third kappa shape index (κ3) is 3.87. The molecule has 3 rings (SSSR count). The molecule has 0 radical (unpaired) electrons. The quantitative estimate of drug-likeness (QED) is 0.784. The van der Waals surface area contributed by atoms with Crippen LogP contribution in [0.5, 0.6) is 11.5 Å². The minimum Gasteiger partial charge on any atom is -0.490 e. The van der Waals surface area contributed by atoms with E-state index >= 15 is 0 Å². The van der Waals surface area contributed by atoms with Crippen molar-refractivity contribution >= 4 is 17.3 Å². The fourth-order valence-electron chi connectivity index (χ4n) is 2.18. The molecule has 0 saturated carbocycles. The third-order valence-corrected chi connectivity index (χ3v) is 4.36. The van der Waals surface area contributed by atoms with Crippen LogP contribution in [0, 0.1) is 5.41 Å². The molecule has 1 aromatic heterocycles. The van der Waals surface area contributed by atoms with Crippen molar-refractivity contribution in [3.05, 3.63) is 28.6 Å². The fourth-order valence-corrected chi connectivity index (χ4v) is 2.89. The zero-order valence-corrected chi connectivity index (χ0v) is 14.9. The summed E-state index contributed by atoms with van der Waals surface area (Å²) in [5, 5.41) is 2.73. The van der Waals surface area contributed by atoms with Crippen molar-refractivity contribution in [2.75, 3.05) is 13.2 Å². The Morgan fingerprint density at radius 2 is 2.00 bits per heavy atom. The molecule has 0 amide bonds. The van der Waals surface area contributed by atoms with Gasteiger partial charge in [0, 0.05) is 17.4 Å². The van der Waals surface area contributed by atoms with Gasteiger partial charge in [-0.15, -0.1) is 11.3 Å². The van der Waals surface area contributed by atoms with Crippen LogP contribution in [0.4, 0.5) is 0 Å². The summed E-state index contributed by atoms with van der Waals surface area (Å²) in [7, 11) is 0. The normalized spacial score (nSPS) is 14.1. The molecule has 0 fully saturated rings. The molecule has 2 heterocycles. The van der Waals surface area contributed by atoms with E-state index in [0.29, 0.717) is 13.2 Å². The summed E-state index contributed by atoms with van der Waals surface area (Å²) < 4.78 is 16.7. The number of nitrogens with zero attached hydrogens (tertiary/aromatic N) is 1. The van der Waals surface area contributed by atoms with E-state index in [4.69, 9.17) is 14.2 Å². The maximum atomic E-state index is 11.8. The lowest BCUT2D eigenvalue weighted by Crippen LogP contribution is -2.22.